The molecule has 182 valence electrons. The van der Waals surface area contributed by atoms with Gasteiger partial charge in [0.05, 0.1) is 16.9 Å². The Hall–Kier alpha value is -4.30. The first kappa shape index (κ1) is 23.4. The SMILES string of the molecule is Cc1ncccc1C(=O)Nc1ccc2c(c1)-c1c(c(C(N)=O)nn1-c1ccc(CCCO)cc1)CC2. The zero-order chi connectivity index (χ0) is 25.2. The molecule has 0 aliphatic heterocycles. The molecule has 36 heavy (non-hydrogen) atoms. The number of carbonyl (C=O) groups excluding carboxylic acids is 2. The van der Waals surface area contributed by atoms with Crippen LogP contribution in [0, 0.1) is 6.92 Å². The lowest BCUT2D eigenvalue weighted by Gasteiger charge is -2.20. The van der Waals surface area contributed by atoms with E-state index < -0.39 is 5.91 Å². The van der Waals surface area contributed by atoms with E-state index >= 15 is 0 Å². The Balaban J connectivity index is 1.56. The molecule has 0 saturated carbocycles. The molecule has 0 atom stereocenters. The van der Waals surface area contributed by atoms with Gasteiger partial charge in [-0.05, 0) is 80.1 Å². The molecule has 0 unspecified atom stereocenters. The van der Waals surface area contributed by atoms with E-state index in [1.807, 2.05) is 42.5 Å². The summed E-state index contributed by atoms with van der Waals surface area (Å²) in [6.45, 7) is 1.94. The molecule has 2 heterocycles. The lowest BCUT2D eigenvalue weighted by atomic mass is 9.88. The molecule has 0 radical (unpaired) electrons. The molecule has 0 spiro atoms. The van der Waals surface area contributed by atoms with Gasteiger partial charge in [-0.2, -0.15) is 5.10 Å². The van der Waals surface area contributed by atoms with Crippen molar-refractivity contribution in [2.75, 3.05) is 11.9 Å². The number of aliphatic hydroxyl groups excluding tert-OH is 1. The Morgan fingerprint density at radius 1 is 1.11 bits per heavy atom. The highest BCUT2D eigenvalue weighted by Crippen LogP contribution is 2.38. The highest BCUT2D eigenvalue weighted by atomic mass is 16.3. The minimum absolute atomic E-state index is 0.145. The van der Waals surface area contributed by atoms with E-state index in [-0.39, 0.29) is 18.2 Å². The van der Waals surface area contributed by atoms with E-state index in [0.29, 0.717) is 29.8 Å². The number of hydrogen-bond acceptors (Lipinski definition) is 5. The number of primary amides is 1. The average molecular weight is 482 g/mol. The molecule has 8 nitrogen and oxygen atoms in total. The van der Waals surface area contributed by atoms with Crippen molar-refractivity contribution in [1.29, 1.82) is 0 Å². The zero-order valence-electron chi connectivity index (χ0n) is 20.0. The standard InChI is InChI=1S/C28H27N5O3/c1-17-22(5-2-14-30-17)28(36)31-20-10-8-19-9-13-23-25(27(29)35)32-33(26(23)24(19)16-20)21-11-6-18(7-12-21)4-3-15-34/h2,5-8,10-12,14,16,34H,3-4,9,13,15H2,1H3,(H2,29,35)(H,31,36). The number of nitrogens with zero attached hydrogens (tertiary/aromatic N) is 3. The molecule has 4 aromatic rings. The maximum Gasteiger partial charge on any atom is 0.269 e. The van der Waals surface area contributed by atoms with Gasteiger partial charge in [-0.15, -0.1) is 0 Å². The molecule has 4 N–H and O–H groups in total. The van der Waals surface area contributed by atoms with Crippen LogP contribution in [0.2, 0.25) is 0 Å². The first-order chi connectivity index (χ1) is 17.5. The topological polar surface area (TPSA) is 123 Å². The van der Waals surface area contributed by atoms with Crippen molar-refractivity contribution in [2.45, 2.75) is 32.6 Å². The summed E-state index contributed by atoms with van der Waals surface area (Å²) in [5.74, 6) is -0.800. The third kappa shape index (κ3) is 4.38. The second-order valence-electron chi connectivity index (χ2n) is 8.91. The van der Waals surface area contributed by atoms with Crippen LogP contribution in [0.1, 0.15) is 49.7 Å². The summed E-state index contributed by atoms with van der Waals surface area (Å²) in [5.41, 5.74) is 13.3. The Labute approximate surface area is 208 Å². The van der Waals surface area contributed by atoms with Crippen LogP contribution < -0.4 is 11.1 Å². The smallest absolute Gasteiger partial charge is 0.269 e. The number of hydrogen-bond donors (Lipinski definition) is 3. The lowest BCUT2D eigenvalue weighted by Crippen LogP contribution is -2.16. The average Bonchev–Trinajstić information content (AvgIpc) is 3.28. The molecule has 0 saturated heterocycles. The summed E-state index contributed by atoms with van der Waals surface area (Å²) >= 11 is 0. The number of fused-ring (bicyclic) bond motifs is 3. The fraction of sp³-hybridized carbons (Fsp3) is 0.214. The van der Waals surface area contributed by atoms with Crippen LogP contribution in [0.4, 0.5) is 5.69 Å². The van der Waals surface area contributed by atoms with E-state index in [1.165, 1.54) is 0 Å². The fourth-order valence-corrected chi connectivity index (χ4v) is 4.71. The highest BCUT2D eigenvalue weighted by Gasteiger charge is 2.28. The van der Waals surface area contributed by atoms with Crippen LogP contribution >= 0.6 is 0 Å². The molecular formula is C28H27N5O3. The van der Waals surface area contributed by atoms with Gasteiger partial charge in [0.1, 0.15) is 0 Å². The largest absolute Gasteiger partial charge is 0.396 e. The van der Waals surface area contributed by atoms with Crippen molar-refractivity contribution in [3.05, 3.63) is 94.4 Å². The van der Waals surface area contributed by atoms with Crippen molar-refractivity contribution in [3.63, 3.8) is 0 Å². The van der Waals surface area contributed by atoms with E-state index in [4.69, 9.17) is 10.8 Å². The number of carbonyl (C=O) groups is 2. The van der Waals surface area contributed by atoms with Crippen molar-refractivity contribution in [1.82, 2.24) is 14.8 Å². The Morgan fingerprint density at radius 3 is 2.64 bits per heavy atom. The number of aryl methyl sites for hydroxylation is 3. The van der Waals surface area contributed by atoms with Crippen molar-refractivity contribution in [3.8, 4) is 16.9 Å². The number of nitrogens with two attached hydrogens (primary N) is 1. The van der Waals surface area contributed by atoms with E-state index in [2.05, 4.69) is 15.4 Å². The third-order valence-corrected chi connectivity index (χ3v) is 6.54. The summed E-state index contributed by atoms with van der Waals surface area (Å²) in [5, 5.41) is 16.7. The number of aromatic nitrogens is 3. The Kier molecular flexibility index (Phi) is 6.35. The first-order valence-electron chi connectivity index (χ1n) is 11.9. The molecule has 0 fully saturated rings. The van der Waals surface area contributed by atoms with Gasteiger partial charge in [0.15, 0.2) is 5.69 Å². The molecular weight excluding hydrogens is 454 g/mol. The number of anilines is 1. The second-order valence-corrected chi connectivity index (χ2v) is 8.91. The zero-order valence-corrected chi connectivity index (χ0v) is 20.0. The van der Waals surface area contributed by atoms with Gasteiger partial charge in [-0.3, -0.25) is 14.6 Å². The van der Waals surface area contributed by atoms with Gasteiger partial charge >= 0.3 is 0 Å². The lowest BCUT2D eigenvalue weighted by molar-refractivity contribution is 0.0992. The second kappa shape index (κ2) is 9.75. The minimum atomic E-state index is -0.565. The molecule has 8 heteroatoms. The normalized spacial score (nSPS) is 12.1. The van der Waals surface area contributed by atoms with Crippen molar-refractivity contribution < 1.29 is 14.7 Å². The van der Waals surface area contributed by atoms with Gasteiger partial charge in [-0.25, -0.2) is 4.68 Å². The summed E-state index contributed by atoms with van der Waals surface area (Å²) in [6, 6.07) is 17.2. The number of nitrogens with one attached hydrogen (secondary N) is 1. The fourth-order valence-electron chi connectivity index (χ4n) is 4.71. The molecule has 1 aliphatic carbocycles. The van der Waals surface area contributed by atoms with Crippen molar-refractivity contribution >= 4 is 17.5 Å². The summed E-state index contributed by atoms with van der Waals surface area (Å²) in [4.78, 5) is 29.4. The number of aliphatic hydroxyl groups is 1. The van der Waals surface area contributed by atoms with Crippen LogP contribution in [-0.2, 0) is 19.3 Å². The predicted octanol–water partition coefficient (Wildman–Crippen LogP) is 3.62. The Bertz CT molecular complexity index is 1460. The van der Waals surface area contributed by atoms with Crippen LogP contribution in [0.25, 0.3) is 16.9 Å². The Morgan fingerprint density at radius 2 is 1.92 bits per heavy atom. The molecule has 0 bridgehead atoms. The molecule has 2 aromatic heterocycles. The van der Waals surface area contributed by atoms with E-state index in [1.54, 1.807) is 29.9 Å². The number of rotatable bonds is 7. The van der Waals surface area contributed by atoms with Crippen LogP contribution in [0.3, 0.4) is 0 Å². The summed E-state index contributed by atoms with van der Waals surface area (Å²) in [6.07, 6.45) is 4.52. The molecule has 1 aliphatic rings. The third-order valence-electron chi connectivity index (χ3n) is 6.54. The number of benzene rings is 2. The maximum absolute atomic E-state index is 12.9. The van der Waals surface area contributed by atoms with Crippen LogP contribution in [0.15, 0.2) is 60.8 Å². The molecule has 2 amide bonds. The van der Waals surface area contributed by atoms with Gasteiger partial charge in [0.2, 0.25) is 0 Å². The summed E-state index contributed by atoms with van der Waals surface area (Å²) in [7, 11) is 0. The highest BCUT2D eigenvalue weighted by molar-refractivity contribution is 6.05. The monoisotopic (exact) mass is 481 g/mol. The quantitative estimate of drug-likeness (QED) is 0.372. The van der Waals surface area contributed by atoms with E-state index in [9.17, 15) is 9.59 Å². The summed E-state index contributed by atoms with van der Waals surface area (Å²) < 4.78 is 1.76. The van der Waals surface area contributed by atoms with Gasteiger partial charge in [0, 0.05) is 35.3 Å². The number of pyridine rings is 1. The van der Waals surface area contributed by atoms with Crippen molar-refractivity contribution in [2.24, 2.45) is 5.73 Å². The molecule has 5 rings (SSSR count). The molecule has 2 aromatic carbocycles. The number of amides is 2. The first-order valence-corrected chi connectivity index (χ1v) is 11.9. The van der Waals surface area contributed by atoms with Crippen LogP contribution in [-0.4, -0.2) is 38.3 Å². The minimum Gasteiger partial charge on any atom is -0.396 e. The van der Waals surface area contributed by atoms with Crippen LogP contribution in [0.5, 0.6) is 0 Å². The van der Waals surface area contributed by atoms with Gasteiger partial charge in [-0.1, -0.05) is 18.2 Å². The van der Waals surface area contributed by atoms with E-state index in [0.717, 1.165) is 46.5 Å². The van der Waals surface area contributed by atoms with Gasteiger partial charge in [0.25, 0.3) is 11.8 Å². The maximum atomic E-state index is 12.9. The predicted molar refractivity (Wildman–Crippen MR) is 137 cm³/mol. The van der Waals surface area contributed by atoms with Gasteiger partial charge < -0.3 is 16.2 Å².